The summed E-state index contributed by atoms with van der Waals surface area (Å²) < 4.78 is 23.0. The van der Waals surface area contributed by atoms with Crippen molar-refractivity contribution in [3.05, 3.63) is 59.4 Å². The molecule has 2 aromatic rings. The molecule has 7 heteroatoms. The van der Waals surface area contributed by atoms with Gasteiger partial charge in [-0.2, -0.15) is 0 Å². The molecule has 1 atom stereocenters. The molecule has 6 nitrogen and oxygen atoms in total. The Balaban J connectivity index is 1.42. The summed E-state index contributed by atoms with van der Waals surface area (Å²) in [5.41, 5.74) is 4.01. The number of carbonyl (C=O) groups is 1. The minimum Gasteiger partial charge on any atom is -0.366 e. The van der Waals surface area contributed by atoms with Crippen molar-refractivity contribution in [1.82, 2.24) is 10.3 Å². The second kappa shape index (κ2) is 6.72. The third kappa shape index (κ3) is 3.58. The summed E-state index contributed by atoms with van der Waals surface area (Å²) >= 11 is 0. The van der Waals surface area contributed by atoms with E-state index < -0.39 is 9.84 Å². The highest BCUT2D eigenvalue weighted by Gasteiger charge is 2.29. The fraction of sp³-hybridized carbons (Fsp3) is 0.368. The second-order valence-electron chi connectivity index (χ2n) is 6.92. The lowest BCUT2D eigenvalue weighted by Crippen LogP contribution is -2.36. The number of aromatic nitrogens is 1. The van der Waals surface area contributed by atoms with E-state index in [1.54, 1.807) is 12.3 Å². The van der Waals surface area contributed by atoms with Crippen LogP contribution in [0.25, 0.3) is 0 Å². The number of amides is 1. The first kappa shape index (κ1) is 17.0. The molecule has 1 aromatic carbocycles. The molecule has 1 unspecified atom stereocenters. The van der Waals surface area contributed by atoms with E-state index >= 15 is 0 Å². The van der Waals surface area contributed by atoms with Crippen LogP contribution in [0.4, 0.5) is 5.69 Å². The summed E-state index contributed by atoms with van der Waals surface area (Å²) in [6, 6.07) is 11.7. The Morgan fingerprint density at radius 2 is 1.96 bits per heavy atom. The number of sulfone groups is 1. The predicted molar refractivity (Wildman–Crippen MR) is 100.0 cm³/mol. The lowest BCUT2D eigenvalue weighted by atomic mass is 10.00. The maximum Gasteiger partial charge on any atom is 0.270 e. The maximum absolute atomic E-state index is 12.3. The highest BCUT2D eigenvalue weighted by atomic mass is 32.2. The Kier molecular flexibility index (Phi) is 4.40. The van der Waals surface area contributed by atoms with E-state index in [1.807, 2.05) is 6.07 Å². The van der Waals surface area contributed by atoms with Crippen molar-refractivity contribution >= 4 is 21.4 Å². The molecule has 2 aliphatic rings. The Morgan fingerprint density at radius 1 is 1.15 bits per heavy atom. The number of benzene rings is 1. The number of hydrogen-bond donors (Lipinski definition) is 1. The molecular formula is C19H21N3O3S. The van der Waals surface area contributed by atoms with E-state index in [2.05, 4.69) is 39.5 Å². The molecule has 1 amide bonds. The van der Waals surface area contributed by atoms with Crippen molar-refractivity contribution in [3.8, 4) is 0 Å². The van der Waals surface area contributed by atoms with Gasteiger partial charge in [0.15, 0.2) is 9.84 Å². The lowest BCUT2D eigenvalue weighted by molar-refractivity contribution is 0.0936. The van der Waals surface area contributed by atoms with E-state index in [4.69, 9.17) is 0 Å². The number of hydrogen-bond acceptors (Lipinski definition) is 5. The number of anilines is 1. The fourth-order valence-corrected chi connectivity index (χ4v) is 5.27. The Bertz CT molecular complexity index is 925. The van der Waals surface area contributed by atoms with Crippen LogP contribution >= 0.6 is 0 Å². The van der Waals surface area contributed by atoms with Crippen LogP contribution in [0.1, 0.15) is 28.0 Å². The molecule has 0 radical (unpaired) electrons. The molecule has 26 heavy (non-hydrogen) atoms. The third-order valence-electron chi connectivity index (χ3n) is 5.04. The molecule has 136 valence electrons. The van der Waals surface area contributed by atoms with Gasteiger partial charge in [0.05, 0.1) is 23.4 Å². The van der Waals surface area contributed by atoms with Crippen molar-refractivity contribution in [1.29, 1.82) is 0 Å². The van der Waals surface area contributed by atoms with E-state index in [1.165, 1.54) is 11.1 Å². The summed E-state index contributed by atoms with van der Waals surface area (Å²) in [5, 5.41) is 2.77. The van der Waals surface area contributed by atoms with Crippen LogP contribution in [0.15, 0.2) is 42.6 Å². The summed E-state index contributed by atoms with van der Waals surface area (Å²) in [6.45, 7) is 1.76. The van der Waals surface area contributed by atoms with Crippen LogP contribution in [0, 0.1) is 0 Å². The smallest absolute Gasteiger partial charge is 0.270 e. The SMILES string of the molecule is O=C(NC1CCS(=O)(=O)C1)c1ccc(N2CCc3ccccc3C2)cn1. The molecule has 3 heterocycles. The minimum absolute atomic E-state index is 0.0179. The van der Waals surface area contributed by atoms with Crippen molar-refractivity contribution in [2.45, 2.75) is 25.4 Å². The zero-order valence-electron chi connectivity index (χ0n) is 14.4. The average Bonchev–Trinajstić information content (AvgIpc) is 2.99. The number of nitrogens with one attached hydrogen (secondary N) is 1. The monoisotopic (exact) mass is 371 g/mol. The van der Waals surface area contributed by atoms with E-state index in [0.717, 1.165) is 25.2 Å². The zero-order chi connectivity index (χ0) is 18.1. The first-order valence-electron chi connectivity index (χ1n) is 8.79. The average molecular weight is 371 g/mol. The number of fused-ring (bicyclic) bond motifs is 1. The molecule has 1 N–H and O–H groups in total. The topological polar surface area (TPSA) is 79.4 Å². The number of carbonyl (C=O) groups excluding carboxylic acids is 1. The van der Waals surface area contributed by atoms with Gasteiger partial charge < -0.3 is 10.2 Å². The Labute approximate surface area is 153 Å². The quantitative estimate of drug-likeness (QED) is 0.886. The zero-order valence-corrected chi connectivity index (χ0v) is 15.2. The molecule has 2 aliphatic heterocycles. The van der Waals surface area contributed by atoms with Gasteiger partial charge >= 0.3 is 0 Å². The van der Waals surface area contributed by atoms with Gasteiger partial charge in [0.1, 0.15) is 5.69 Å². The molecule has 1 aromatic heterocycles. The largest absolute Gasteiger partial charge is 0.366 e. The Morgan fingerprint density at radius 3 is 2.65 bits per heavy atom. The summed E-state index contributed by atoms with van der Waals surface area (Å²) in [7, 11) is -3.01. The van der Waals surface area contributed by atoms with Gasteiger partial charge in [0, 0.05) is 19.1 Å². The molecule has 0 saturated carbocycles. The highest BCUT2D eigenvalue weighted by Crippen LogP contribution is 2.24. The van der Waals surface area contributed by atoms with Crippen molar-refractivity contribution in [3.63, 3.8) is 0 Å². The highest BCUT2D eigenvalue weighted by molar-refractivity contribution is 7.91. The molecular weight excluding hydrogens is 350 g/mol. The van der Waals surface area contributed by atoms with Gasteiger partial charge in [0.2, 0.25) is 0 Å². The van der Waals surface area contributed by atoms with Crippen LogP contribution in [0.2, 0.25) is 0 Å². The van der Waals surface area contributed by atoms with E-state index in [0.29, 0.717) is 12.1 Å². The van der Waals surface area contributed by atoms with Gasteiger partial charge in [0.25, 0.3) is 5.91 Å². The molecule has 0 bridgehead atoms. The third-order valence-corrected chi connectivity index (χ3v) is 6.81. The van der Waals surface area contributed by atoms with Crippen LogP contribution in [0.5, 0.6) is 0 Å². The summed E-state index contributed by atoms with van der Waals surface area (Å²) in [5.74, 6) is -0.160. The number of rotatable bonds is 3. The van der Waals surface area contributed by atoms with E-state index in [9.17, 15) is 13.2 Å². The van der Waals surface area contributed by atoms with Gasteiger partial charge in [-0.25, -0.2) is 13.4 Å². The fourth-order valence-electron chi connectivity index (χ4n) is 3.59. The second-order valence-corrected chi connectivity index (χ2v) is 9.14. The summed E-state index contributed by atoms with van der Waals surface area (Å²) in [6.07, 6.45) is 3.18. The molecule has 1 saturated heterocycles. The predicted octanol–water partition coefficient (Wildman–Crippen LogP) is 1.56. The summed E-state index contributed by atoms with van der Waals surface area (Å²) in [4.78, 5) is 18.8. The van der Waals surface area contributed by atoms with Gasteiger partial charge in [-0.15, -0.1) is 0 Å². The molecule has 1 fully saturated rings. The first-order chi connectivity index (χ1) is 12.5. The van der Waals surface area contributed by atoms with Crippen LogP contribution in [-0.4, -0.2) is 43.4 Å². The van der Waals surface area contributed by atoms with Gasteiger partial charge in [-0.05, 0) is 36.1 Å². The van der Waals surface area contributed by atoms with Crippen LogP contribution < -0.4 is 10.2 Å². The molecule has 4 rings (SSSR count). The molecule has 0 spiro atoms. The van der Waals surface area contributed by atoms with Crippen LogP contribution in [-0.2, 0) is 22.8 Å². The van der Waals surface area contributed by atoms with Crippen molar-refractivity contribution in [2.24, 2.45) is 0 Å². The maximum atomic E-state index is 12.3. The Hall–Kier alpha value is -2.41. The van der Waals surface area contributed by atoms with Gasteiger partial charge in [-0.3, -0.25) is 4.79 Å². The number of nitrogens with zero attached hydrogens (tertiary/aromatic N) is 2. The normalized spacial score (nSPS) is 21.2. The van der Waals surface area contributed by atoms with Gasteiger partial charge in [-0.1, -0.05) is 24.3 Å². The first-order valence-corrected chi connectivity index (χ1v) is 10.6. The van der Waals surface area contributed by atoms with Crippen molar-refractivity contribution in [2.75, 3.05) is 23.0 Å². The minimum atomic E-state index is -3.01. The van der Waals surface area contributed by atoms with Crippen molar-refractivity contribution < 1.29 is 13.2 Å². The van der Waals surface area contributed by atoms with Crippen LogP contribution in [0.3, 0.4) is 0 Å². The number of pyridine rings is 1. The lowest BCUT2D eigenvalue weighted by Gasteiger charge is -2.30. The molecule has 0 aliphatic carbocycles. The van der Waals surface area contributed by atoms with E-state index in [-0.39, 0.29) is 23.5 Å². The standard InChI is InChI=1S/C19H21N3O3S/c23-19(21-16-8-10-26(24,25)13-16)18-6-5-17(11-20-18)22-9-7-14-3-1-2-4-15(14)12-22/h1-6,11,16H,7-10,12-13H2,(H,21,23).